The van der Waals surface area contributed by atoms with E-state index in [4.69, 9.17) is 5.73 Å². The van der Waals surface area contributed by atoms with E-state index in [1.54, 1.807) is 6.08 Å². The van der Waals surface area contributed by atoms with Crippen LogP contribution in [0.4, 0.5) is 0 Å². The summed E-state index contributed by atoms with van der Waals surface area (Å²) in [7, 11) is 0. The van der Waals surface area contributed by atoms with Crippen molar-refractivity contribution in [3.63, 3.8) is 0 Å². The molecule has 2 unspecified atom stereocenters. The van der Waals surface area contributed by atoms with E-state index in [0.717, 1.165) is 5.56 Å². The van der Waals surface area contributed by atoms with Gasteiger partial charge >= 0.3 is 5.97 Å². The summed E-state index contributed by atoms with van der Waals surface area (Å²) in [6.07, 6.45) is 3.61. The number of carbonyl (C=O) groups is 2. The first-order valence-electron chi connectivity index (χ1n) is 6.49. The second-order valence-electron chi connectivity index (χ2n) is 4.86. The number of nitrogens with zero attached hydrogens (tertiary/aromatic N) is 1. The Morgan fingerprint density at radius 2 is 2.05 bits per heavy atom. The third-order valence-electron chi connectivity index (χ3n) is 3.52. The Labute approximate surface area is 126 Å². The standard InChI is InChI=1S/C15H14N2O3S/c16-11-13(18)17-12(15(19)20)10(8-21-14(11)17)7-6-9-4-2-1-3-5-9/h1-7,11,14H,8,16H2,(H,19,20)/b7-6+. The molecule has 1 aromatic rings. The van der Waals surface area contributed by atoms with Crippen LogP contribution in [0.1, 0.15) is 5.56 Å². The minimum absolute atomic E-state index is 0.0534. The summed E-state index contributed by atoms with van der Waals surface area (Å²) in [6.45, 7) is 0. The Morgan fingerprint density at radius 3 is 2.71 bits per heavy atom. The molecule has 108 valence electrons. The van der Waals surface area contributed by atoms with Crippen LogP contribution >= 0.6 is 11.8 Å². The SMILES string of the molecule is NC1C(=O)N2C(C(=O)O)=C(/C=C/c3ccccc3)CSC12. The maximum Gasteiger partial charge on any atom is 0.352 e. The number of hydrogen-bond acceptors (Lipinski definition) is 4. The zero-order chi connectivity index (χ0) is 15.0. The lowest BCUT2D eigenvalue weighted by Gasteiger charge is -2.47. The van der Waals surface area contributed by atoms with Crippen molar-refractivity contribution >= 4 is 29.7 Å². The number of carboxylic acids is 1. The highest BCUT2D eigenvalue weighted by atomic mass is 32.2. The van der Waals surface area contributed by atoms with E-state index in [-0.39, 0.29) is 17.0 Å². The van der Waals surface area contributed by atoms with Gasteiger partial charge in [0, 0.05) is 5.75 Å². The monoisotopic (exact) mass is 302 g/mol. The van der Waals surface area contributed by atoms with Gasteiger partial charge in [0.25, 0.3) is 0 Å². The number of fused-ring (bicyclic) bond motifs is 1. The Bertz CT molecular complexity index is 654. The van der Waals surface area contributed by atoms with Gasteiger partial charge in [-0.25, -0.2) is 4.79 Å². The third-order valence-corrected chi connectivity index (χ3v) is 4.84. The van der Waals surface area contributed by atoms with Crippen molar-refractivity contribution in [3.05, 3.63) is 53.2 Å². The molecule has 3 rings (SSSR count). The van der Waals surface area contributed by atoms with Crippen LogP contribution in [0.25, 0.3) is 6.08 Å². The van der Waals surface area contributed by atoms with Crippen LogP contribution in [0.5, 0.6) is 0 Å². The minimum atomic E-state index is -1.09. The summed E-state index contributed by atoms with van der Waals surface area (Å²) < 4.78 is 0. The molecular weight excluding hydrogens is 288 g/mol. The zero-order valence-corrected chi connectivity index (χ0v) is 11.9. The van der Waals surface area contributed by atoms with E-state index in [0.29, 0.717) is 11.3 Å². The Balaban J connectivity index is 1.93. The predicted octanol–water partition coefficient (Wildman–Crippen LogP) is 1.28. The smallest absolute Gasteiger partial charge is 0.352 e. The number of benzene rings is 1. The van der Waals surface area contributed by atoms with Crippen molar-refractivity contribution in [3.8, 4) is 0 Å². The number of rotatable bonds is 3. The molecule has 0 aromatic heterocycles. The molecule has 1 aromatic carbocycles. The van der Waals surface area contributed by atoms with Crippen molar-refractivity contribution in [1.29, 1.82) is 0 Å². The average Bonchev–Trinajstić information content (AvgIpc) is 2.52. The largest absolute Gasteiger partial charge is 0.477 e. The molecule has 6 heteroatoms. The molecule has 21 heavy (non-hydrogen) atoms. The predicted molar refractivity (Wildman–Crippen MR) is 81.2 cm³/mol. The summed E-state index contributed by atoms with van der Waals surface area (Å²) >= 11 is 1.50. The minimum Gasteiger partial charge on any atom is -0.477 e. The van der Waals surface area contributed by atoms with Crippen LogP contribution in [0.15, 0.2) is 47.7 Å². The number of nitrogens with two attached hydrogens (primary N) is 1. The molecule has 2 aliphatic rings. The zero-order valence-electron chi connectivity index (χ0n) is 11.1. The van der Waals surface area contributed by atoms with Crippen LogP contribution in [0.2, 0.25) is 0 Å². The van der Waals surface area contributed by atoms with Crippen molar-refractivity contribution in [2.75, 3.05) is 5.75 Å². The molecule has 0 saturated carbocycles. The number of β-lactam (4-membered cyclic amide) rings is 1. The summed E-state index contributed by atoms with van der Waals surface area (Å²) in [5.41, 5.74) is 7.37. The first-order valence-corrected chi connectivity index (χ1v) is 7.54. The van der Waals surface area contributed by atoms with Gasteiger partial charge in [-0.05, 0) is 11.1 Å². The fourth-order valence-electron chi connectivity index (χ4n) is 2.43. The molecule has 1 saturated heterocycles. The number of allylic oxidation sites excluding steroid dienone is 1. The van der Waals surface area contributed by atoms with Crippen LogP contribution < -0.4 is 5.73 Å². The Hall–Kier alpha value is -2.05. The molecule has 5 nitrogen and oxygen atoms in total. The fraction of sp³-hybridized carbons (Fsp3) is 0.200. The van der Waals surface area contributed by atoms with Gasteiger partial charge in [-0.3, -0.25) is 9.69 Å². The van der Waals surface area contributed by atoms with E-state index in [2.05, 4.69) is 0 Å². The van der Waals surface area contributed by atoms with Gasteiger partial charge in [-0.2, -0.15) is 0 Å². The molecule has 0 spiro atoms. The molecule has 0 aliphatic carbocycles. The highest BCUT2D eigenvalue weighted by Gasteiger charge is 2.51. The summed E-state index contributed by atoms with van der Waals surface area (Å²) in [4.78, 5) is 24.6. The number of amides is 1. The molecule has 2 atom stereocenters. The van der Waals surface area contributed by atoms with Gasteiger partial charge in [-0.1, -0.05) is 42.5 Å². The van der Waals surface area contributed by atoms with Crippen LogP contribution in [-0.2, 0) is 9.59 Å². The Morgan fingerprint density at radius 1 is 1.33 bits per heavy atom. The fourth-order valence-corrected chi connectivity index (χ4v) is 3.69. The van der Waals surface area contributed by atoms with E-state index in [9.17, 15) is 14.7 Å². The molecule has 0 radical (unpaired) electrons. The van der Waals surface area contributed by atoms with Gasteiger partial charge in [0.15, 0.2) is 0 Å². The number of thioether (sulfide) groups is 1. The quantitative estimate of drug-likeness (QED) is 0.822. The topological polar surface area (TPSA) is 83.6 Å². The molecule has 2 heterocycles. The van der Waals surface area contributed by atoms with Crippen LogP contribution in [-0.4, -0.2) is 39.1 Å². The molecule has 2 aliphatic heterocycles. The molecular formula is C15H14N2O3S. The lowest BCUT2D eigenvalue weighted by atomic mass is 10.0. The normalized spacial score (nSPS) is 25.0. The highest BCUT2D eigenvalue weighted by molar-refractivity contribution is 8.00. The number of aliphatic carboxylic acids is 1. The molecule has 1 fully saturated rings. The van der Waals surface area contributed by atoms with Gasteiger partial charge in [-0.15, -0.1) is 11.8 Å². The van der Waals surface area contributed by atoms with E-state index >= 15 is 0 Å². The second-order valence-corrected chi connectivity index (χ2v) is 5.96. The first kappa shape index (κ1) is 13.9. The number of hydrogen-bond donors (Lipinski definition) is 2. The maximum atomic E-state index is 11.8. The van der Waals surface area contributed by atoms with Crippen molar-refractivity contribution < 1.29 is 14.7 Å². The van der Waals surface area contributed by atoms with Gasteiger partial charge in [0.05, 0.1) is 0 Å². The summed E-state index contributed by atoms with van der Waals surface area (Å²) in [5.74, 6) is -0.879. The van der Waals surface area contributed by atoms with E-state index in [1.165, 1.54) is 16.7 Å². The van der Waals surface area contributed by atoms with E-state index < -0.39 is 12.0 Å². The Kier molecular flexibility index (Phi) is 3.57. The lowest BCUT2D eigenvalue weighted by molar-refractivity contribution is -0.147. The van der Waals surface area contributed by atoms with Gasteiger partial charge in [0.2, 0.25) is 5.91 Å². The van der Waals surface area contributed by atoms with Gasteiger partial charge < -0.3 is 10.8 Å². The number of carboxylic acid groups (broad SMARTS) is 1. The second kappa shape index (κ2) is 5.38. The first-order chi connectivity index (χ1) is 10.1. The van der Waals surface area contributed by atoms with Crippen LogP contribution in [0.3, 0.4) is 0 Å². The summed E-state index contributed by atoms with van der Waals surface area (Å²) in [5, 5.41) is 9.14. The van der Waals surface area contributed by atoms with Gasteiger partial charge in [0.1, 0.15) is 17.1 Å². The highest BCUT2D eigenvalue weighted by Crippen LogP contribution is 2.39. The maximum absolute atomic E-state index is 11.8. The number of carbonyl (C=O) groups excluding carboxylic acids is 1. The lowest BCUT2D eigenvalue weighted by Crippen LogP contribution is -2.68. The third kappa shape index (κ3) is 2.36. The van der Waals surface area contributed by atoms with Crippen molar-refractivity contribution in [2.45, 2.75) is 11.4 Å². The average molecular weight is 302 g/mol. The van der Waals surface area contributed by atoms with Crippen molar-refractivity contribution in [1.82, 2.24) is 4.90 Å². The summed E-state index contributed by atoms with van der Waals surface area (Å²) in [6, 6.07) is 9.01. The molecule has 1 amide bonds. The molecule has 0 bridgehead atoms. The van der Waals surface area contributed by atoms with E-state index in [1.807, 2.05) is 36.4 Å². The van der Waals surface area contributed by atoms with Crippen molar-refractivity contribution in [2.24, 2.45) is 5.73 Å². The van der Waals surface area contributed by atoms with Crippen LogP contribution in [0, 0.1) is 0 Å². The molecule has 3 N–H and O–H groups in total.